The van der Waals surface area contributed by atoms with Crippen LogP contribution in [0.5, 0.6) is 5.88 Å². The molecular formula is C24H30N8O2. The van der Waals surface area contributed by atoms with E-state index in [4.69, 9.17) is 9.84 Å². The number of pyridine rings is 1. The third-order valence-corrected chi connectivity index (χ3v) is 6.35. The van der Waals surface area contributed by atoms with Crippen LogP contribution in [0.2, 0.25) is 0 Å². The molecule has 0 radical (unpaired) electrons. The second kappa shape index (κ2) is 9.28. The summed E-state index contributed by atoms with van der Waals surface area (Å²) in [7, 11) is 1.91. The molecule has 0 spiro atoms. The summed E-state index contributed by atoms with van der Waals surface area (Å²) in [5, 5.41) is 18.0. The molecular weight excluding hydrogens is 432 g/mol. The number of aromatic nitrogens is 7. The molecule has 1 saturated carbocycles. The highest BCUT2D eigenvalue weighted by Gasteiger charge is 2.27. The average molecular weight is 463 g/mol. The average Bonchev–Trinajstić information content (AvgIpc) is 3.44. The highest BCUT2D eigenvalue weighted by Crippen LogP contribution is 2.36. The maximum Gasteiger partial charge on any atom is 0.266 e. The normalized spacial score (nSPS) is 18.3. The molecule has 4 heterocycles. The molecule has 0 amide bonds. The molecule has 178 valence electrons. The van der Waals surface area contributed by atoms with E-state index in [1.165, 1.54) is 10.7 Å². The van der Waals surface area contributed by atoms with Crippen LogP contribution in [0.4, 0.5) is 5.82 Å². The number of rotatable bonds is 7. The number of ether oxygens (including phenoxy) is 1. The molecule has 4 aromatic heterocycles. The van der Waals surface area contributed by atoms with Gasteiger partial charge in [-0.25, -0.2) is 9.67 Å². The first-order chi connectivity index (χ1) is 16.6. The molecule has 0 bridgehead atoms. The lowest BCUT2D eigenvalue weighted by molar-refractivity contribution is 0.123. The van der Waals surface area contributed by atoms with Crippen molar-refractivity contribution in [2.45, 2.75) is 58.2 Å². The summed E-state index contributed by atoms with van der Waals surface area (Å²) in [5.74, 6) is 1.36. The molecule has 0 aliphatic heterocycles. The Morgan fingerprint density at radius 2 is 1.94 bits per heavy atom. The fourth-order valence-electron chi connectivity index (χ4n) is 4.64. The molecule has 0 aromatic carbocycles. The molecule has 10 heteroatoms. The lowest BCUT2D eigenvalue weighted by Crippen LogP contribution is -2.28. The van der Waals surface area contributed by atoms with Crippen molar-refractivity contribution in [1.82, 2.24) is 34.3 Å². The molecule has 0 saturated heterocycles. The molecule has 1 fully saturated rings. The third kappa shape index (κ3) is 4.27. The maximum atomic E-state index is 11.8. The third-order valence-electron chi connectivity index (χ3n) is 6.35. The van der Waals surface area contributed by atoms with Crippen molar-refractivity contribution < 1.29 is 4.74 Å². The second-order valence-electron chi connectivity index (χ2n) is 8.69. The van der Waals surface area contributed by atoms with Crippen molar-refractivity contribution in [2.75, 3.05) is 11.9 Å². The van der Waals surface area contributed by atoms with E-state index in [9.17, 15) is 4.79 Å². The molecule has 4 aromatic rings. The number of fused-ring (bicyclic) bond motifs is 1. The summed E-state index contributed by atoms with van der Waals surface area (Å²) in [5.41, 5.74) is 2.85. The molecule has 5 rings (SSSR count). The minimum absolute atomic E-state index is 0.0742. The fourth-order valence-corrected chi connectivity index (χ4v) is 4.64. The molecule has 1 aliphatic rings. The Kier molecular flexibility index (Phi) is 6.04. The standard InChI is InChI=1S/C24H30N8O2/c1-4-25-21-12-20-19(14-26-21)24(16-13-27-30(3)15-16)29-32(20)17-6-8-18(9-7-17)34-22-10-11-23(33)31(5-2)28-22/h10-15,17-18H,4-9H2,1-3H3,(H,25,26)/t17-,18+. The van der Waals surface area contributed by atoms with Gasteiger partial charge in [0.25, 0.3) is 5.56 Å². The van der Waals surface area contributed by atoms with Gasteiger partial charge < -0.3 is 10.1 Å². The van der Waals surface area contributed by atoms with Crippen LogP contribution in [0.15, 0.2) is 41.6 Å². The largest absolute Gasteiger partial charge is 0.473 e. The highest BCUT2D eigenvalue weighted by molar-refractivity contribution is 5.93. The van der Waals surface area contributed by atoms with Gasteiger partial charge in [-0.05, 0) is 39.5 Å². The van der Waals surface area contributed by atoms with E-state index in [1.54, 1.807) is 10.7 Å². The van der Waals surface area contributed by atoms with Crippen LogP contribution in [-0.2, 0) is 13.6 Å². The van der Waals surface area contributed by atoms with Gasteiger partial charge in [0.1, 0.15) is 17.6 Å². The highest BCUT2D eigenvalue weighted by atomic mass is 16.5. The Labute approximate surface area is 197 Å². The van der Waals surface area contributed by atoms with E-state index in [0.717, 1.165) is 60.2 Å². The molecule has 0 atom stereocenters. The summed E-state index contributed by atoms with van der Waals surface area (Å²) in [6, 6.07) is 5.54. The topological polar surface area (TPSA) is 105 Å². The van der Waals surface area contributed by atoms with Crippen LogP contribution >= 0.6 is 0 Å². The van der Waals surface area contributed by atoms with Gasteiger partial charge in [0, 0.05) is 61.7 Å². The van der Waals surface area contributed by atoms with E-state index in [2.05, 4.69) is 38.2 Å². The minimum Gasteiger partial charge on any atom is -0.473 e. The zero-order chi connectivity index (χ0) is 23.7. The Hall–Kier alpha value is -3.69. The predicted octanol–water partition coefficient (Wildman–Crippen LogP) is 3.40. The quantitative estimate of drug-likeness (QED) is 0.449. The summed E-state index contributed by atoms with van der Waals surface area (Å²) < 4.78 is 11.5. The number of aryl methyl sites for hydroxylation is 2. The van der Waals surface area contributed by atoms with Crippen molar-refractivity contribution in [3.63, 3.8) is 0 Å². The number of anilines is 1. The SMILES string of the molecule is CCNc1cc2c(cn1)c(-c1cnn(C)c1)nn2[C@H]1CC[C@@H](Oc2ccc(=O)n(CC)n2)CC1. The van der Waals surface area contributed by atoms with Crippen LogP contribution in [0.3, 0.4) is 0 Å². The van der Waals surface area contributed by atoms with Gasteiger partial charge in [-0.3, -0.25) is 14.2 Å². The lowest BCUT2D eigenvalue weighted by atomic mass is 9.93. The summed E-state index contributed by atoms with van der Waals surface area (Å²) in [6.45, 7) is 5.30. The zero-order valence-electron chi connectivity index (χ0n) is 19.8. The van der Waals surface area contributed by atoms with Crippen molar-refractivity contribution in [2.24, 2.45) is 7.05 Å². The Morgan fingerprint density at radius 1 is 1.12 bits per heavy atom. The molecule has 10 nitrogen and oxygen atoms in total. The summed E-state index contributed by atoms with van der Waals surface area (Å²) in [6.07, 6.45) is 9.49. The van der Waals surface area contributed by atoms with Crippen molar-refractivity contribution in [1.29, 1.82) is 0 Å². The smallest absolute Gasteiger partial charge is 0.266 e. The van der Waals surface area contributed by atoms with E-state index in [0.29, 0.717) is 12.4 Å². The first kappa shape index (κ1) is 22.1. The van der Waals surface area contributed by atoms with E-state index in [1.807, 2.05) is 32.6 Å². The van der Waals surface area contributed by atoms with Gasteiger partial charge in [0.15, 0.2) is 0 Å². The predicted molar refractivity (Wildman–Crippen MR) is 130 cm³/mol. The van der Waals surface area contributed by atoms with E-state index < -0.39 is 0 Å². The first-order valence-electron chi connectivity index (χ1n) is 11.9. The van der Waals surface area contributed by atoms with Crippen LogP contribution < -0.4 is 15.6 Å². The Bertz CT molecular complexity index is 1350. The summed E-state index contributed by atoms with van der Waals surface area (Å²) >= 11 is 0. The van der Waals surface area contributed by atoms with Gasteiger partial charge in [-0.1, -0.05) is 0 Å². The number of hydrogen-bond donors (Lipinski definition) is 1. The van der Waals surface area contributed by atoms with E-state index in [-0.39, 0.29) is 17.7 Å². The van der Waals surface area contributed by atoms with Crippen LogP contribution in [0, 0.1) is 0 Å². The molecule has 34 heavy (non-hydrogen) atoms. The van der Waals surface area contributed by atoms with Gasteiger partial charge in [-0.2, -0.15) is 10.2 Å². The monoisotopic (exact) mass is 462 g/mol. The van der Waals surface area contributed by atoms with Crippen LogP contribution in [0.25, 0.3) is 22.2 Å². The van der Waals surface area contributed by atoms with Crippen molar-refractivity contribution in [3.8, 4) is 17.1 Å². The second-order valence-corrected chi connectivity index (χ2v) is 8.69. The Morgan fingerprint density at radius 3 is 2.65 bits per heavy atom. The molecule has 1 aliphatic carbocycles. The van der Waals surface area contributed by atoms with Gasteiger partial charge in [-0.15, -0.1) is 5.10 Å². The first-order valence-corrected chi connectivity index (χ1v) is 11.9. The molecule has 0 unspecified atom stereocenters. The molecule has 1 N–H and O–H groups in total. The van der Waals surface area contributed by atoms with E-state index >= 15 is 0 Å². The van der Waals surface area contributed by atoms with Gasteiger partial charge in [0.2, 0.25) is 5.88 Å². The number of nitrogens with one attached hydrogen (secondary N) is 1. The number of hydrogen-bond acceptors (Lipinski definition) is 7. The number of nitrogens with zero attached hydrogens (tertiary/aromatic N) is 7. The Balaban J connectivity index is 1.39. The van der Waals surface area contributed by atoms with Crippen LogP contribution in [0.1, 0.15) is 45.6 Å². The van der Waals surface area contributed by atoms with Gasteiger partial charge >= 0.3 is 0 Å². The van der Waals surface area contributed by atoms with Gasteiger partial charge in [0.05, 0.1) is 17.8 Å². The van der Waals surface area contributed by atoms with Crippen molar-refractivity contribution >= 4 is 16.7 Å². The minimum atomic E-state index is -0.111. The maximum absolute atomic E-state index is 11.8. The fraction of sp³-hybridized carbons (Fsp3) is 0.458. The summed E-state index contributed by atoms with van der Waals surface area (Å²) in [4.78, 5) is 16.4. The zero-order valence-corrected chi connectivity index (χ0v) is 19.8. The lowest BCUT2D eigenvalue weighted by Gasteiger charge is -2.29. The van der Waals surface area contributed by atoms with Crippen molar-refractivity contribution in [3.05, 3.63) is 47.1 Å². The van der Waals surface area contributed by atoms with Crippen LogP contribution in [-0.4, -0.2) is 47.0 Å².